The van der Waals surface area contributed by atoms with Gasteiger partial charge in [0.2, 0.25) is 0 Å². The highest BCUT2D eigenvalue weighted by molar-refractivity contribution is 7.90. The van der Waals surface area contributed by atoms with Crippen molar-refractivity contribution < 1.29 is 18.3 Å². The molecular formula is C6H7NO4S2. The zero-order valence-electron chi connectivity index (χ0n) is 6.43. The zero-order chi connectivity index (χ0) is 9.90. The lowest BCUT2D eigenvalue weighted by Gasteiger charge is -2.01. The Labute approximate surface area is 79.1 Å². The number of hydrogen-bond acceptors (Lipinski definition) is 5. The lowest BCUT2D eigenvalue weighted by Crippen LogP contribution is -2.32. The summed E-state index contributed by atoms with van der Waals surface area (Å²) in [6.45, 7) is -0.844. The predicted molar refractivity (Wildman–Crippen MR) is 46.7 cm³/mol. The standard InChI is InChI=1S/C6H7NO4S2/c8-3-6(9)7-13(10,11)5-1-2-12-4-5/h1-2,4,8H,3H2,(H,7,9). The molecule has 1 aromatic heterocycles. The molecule has 0 bridgehead atoms. The topological polar surface area (TPSA) is 83.5 Å². The minimum absolute atomic E-state index is 0.0271. The van der Waals surface area contributed by atoms with E-state index < -0.39 is 22.5 Å². The van der Waals surface area contributed by atoms with Gasteiger partial charge < -0.3 is 5.11 Å². The Bertz CT molecular complexity index is 381. The number of hydrogen-bond donors (Lipinski definition) is 2. The summed E-state index contributed by atoms with van der Waals surface area (Å²) in [6, 6.07) is 1.37. The summed E-state index contributed by atoms with van der Waals surface area (Å²) in [5.41, 5.74) is 0. The van der Waals surface area contributed by atoms with E-state index in [2.05, 4.69) is 0 Å². The summed E-state index contributed by atoms with van der Waals surface area (Å²) in [6.07, 6.45) is 0. The maximum Gasteiger partial charge on any atom is 0.264 e. The van der Waals surface area contributed by atoms with Crippen LogP contribution in [0.5, 0.6) is 0 Å². The normalized spacial score (nSPS) is 11.2. The van der Waals surface area contributed by atoms with Crippen LogP contribution in [-0.2, 0) is 14.8 Å². The molecule has 72 valence electrons. The third-order valence-corrected chi connectivity index (χ3v) is 3.40. The van der Waals surface area contributed by atoms with E-state index in [9.17, 15) is 13.2 Å². The Morgan fingerprint density at radius 1 is 1.62 bits per heavy atom. The molecule has 0 aliphatic heterocycles. The van der Waals surface area contributed by atoms with E-state index in [0.29, 0.717) is 0 Å². The molecule has 0 saturated carbocycles. The zero-order valence-corrected chi connectivity index (χ0v) is 8.06. The molecule has 0 spiro atoms. The molecule has 0 aliphatic rings. The van der Waals surface area contributed by atoms with Gasteiger partial charge in [-0.2, -0.15) is 11.3 Å². The van der Waals surface area contributed by atoms with Gasteiger partial charge in [0.15, 0.2) is 0 Å². The Hall–Kier alpha value is -0.920. The van der Waals surface area contributed by atoms with Crippen LogP contribution in [0.1, 0.15) is 0 Å². The fourth-order valence-electron chi connectivity index (χ4n) is 0.646. The molecule has 1 heterocycles. The number of thiophene rings is 1. The summed E-state index contributed by atoms with van der Waals surface area (Å²) in [4.78, 5) is 10.6. The Morgan fingerprint density at radius 3 is 2.77 bits per heavy atom. The van der Waals surface area contributed by atoms with Gasteiger partial charge in [0.1, 0.15) is 6.61 Å². The van der Waals surface area contributed by atoms with Crippen molar-refractivity contribution in [2.24, 2.45) is 0 Å². The van der Waals surface area contributed by atoms with Gasteiger partial charge in [-0.05, 0) is 11.4 Å². The summed E-state index contributed by atoms with van der Waals surface area (Å²) < 4.78 is 24.2. The molecule has 0 radical (unpaired) electrons. The van der Waals surface area contributed by atoms with Crippen LogP contribution in [0.25, 0.3) is 0 Å². The van der Waals surface area contributed by atoms with Crippen LogP contribution in [0.2, 0.25) is 0 Å². The second-order valence-corrected chi connectivity index (χ2v) is 4.61. The fraction of sp³-hybridized carbons (Fsp3) is 0.167. The lowest BCUT2D eigenvalue weighted by molar-refractivity contribution is -0.122. The summed E-state index contributed by atoms with van der Waals surface area (Å²) >= 11 is 1.21. The summed E-state index contributed by atoms with van der Waals surface area (Å²) in [7, 11) is -3.78. The molecule has 1 amide bonds. The summed E-state index contributed by atoms with van der Waals surface area (Å²) in [5, 5.41) is 11.3. The van der Waals surface area contributed by atoms with E-state index in [1.807, 2.05) is 0 Å². The van der Waals surface area contributed by atoms with Crippen molar-refractivity contribution >= 4 is 27.3 Å². The van der Waals surface area contributed by atoms with E-state index >= 15 is 0 Å². The van der Waals surface area contributed by atoms with Crippen molar-refractivity contribution in [2.75, 3.05) is 6.61 Å². The number of aliphatic hydroxyl groups is 1. The number of rotatable bonds is 3. The highest BCUT2D eigenvalue weighted by Crippen LogP contribution is 2.11. The molecule has 0 saturated heterocycles. The molecule has 0 aliphatic carbocycles. The Balaban J connectivity index is 2.86. The average molecular weight is 221 g/mol. The van der Waals surface area contributed by atoms with Crippen LogP contribution < -0.4 is 4.72 Å². The van der Waals surface area contributed by atoms with Crippen LogP contribution in [-0.4, -0.2) is 26.0 Å². The van der Waals surface area contributed by atoms with Gasteiger partial charge in [0.05, 0.1) is 4.90 Å². The first-order chi connectivity index (χ1) is 6.06. The molecule has 13 heavy (non-hydrogen) atoms. The van der Waals surface area contributed by atoms with Crippen molar-refractivity contribution in [1.82, 2.24) is 4.72 Å². The number of carbonyl (C=O) groups excluding carboxylic acids is 1. The van der Waals surface area contributed by atoms with E-state index in [1.165, 1.54) is 22.8 Å². The molecule has 1 aromatic rings. The van der Waals surface area contributed by atoms with Crippen LogP contribution in [0, 0.1) is 0 Å². The second-order valence-electron chi connectivity index (χ2n) is 2.15. The quantitative estimate of drug-likeness (QED) is 0.723. The summed E-state index contributed by atoms with van der Waals surface area (Å²) in [5.74, 6) is -0.939. The maximum atomic E-state index is 11.2. The van der Waals surface area contributed by atoms with Gasteiger partial charge in [-0.3, -0.25) is 4.79 Å². The number of sulfonamides is 1. The number of aliphatic hydroxyl groups excluding tert-OH is 1. The minimum Gasteiger partial charge on any atom is -0.387 e. The second kappa shape index (κ2) is 3.86. The average Bonchev–Trinajstić information content (AvgIpc) is 2.55. The van der Waals surface area contributed by atoms with Crippen molar-refractivity contribution in [3.8, 4) is 0 Å². The van der Waals surface area contributed by atoms with E-state index in [4.69, 9.17) is 5.11 Å². The lowest BCUT2D eigenvalue weighted by atomic mass is 10.7. The first-order valence-corrected chi connectivity index (χ1v) is 5.67. The van der Waals surface area contributed by atoms with Crippen molar-refractivity contribution in [3.63, 3.8) is 0 Å². The fourth-order valence-corrected chi connectivity index (χ4v) is 2.65. The molecule has 0 unspecified atom stereocenters. The van der Waals surface area contributed by atoms with Crippen molar-refractivity contribution in [2.45, 2.75) is 4.90 Å². The number of nitrogens with one attached hydrogen (secondary N) is 1. The first kappa shape index (κ1) is 10.2. The molecule has 0 aromatic carbocycles. The van der Waals surface area contributed by atoms with Crippen LogP contribution in [0.15, 0.2) is 21.7 Å². The van der Waals surface area contributed by atoms with Gasteiger partial charge in [-0.15, -0.1) is 0 Å². The molecule has 1 rings (SSSR count). The molecule has 2 N–H and O–H groups in total. The molecule has 5 nitrogen and oxygen atoms in total. The van der Waals surface area contributed by atoms with E-state index in [1.54, 1.807) is 10.1 Å². The van der Waals surface area contributed by atoms with Gasteiger partial charge in [0.25, 0.3) is 15.9 Å². The molecule has 0 fully saturated rings. The Morgan fingerprint density at radius 2 is 2.31 bits per heavy atom. The smallest absolute Gasteiger partial charge is 0.264 e. The highest BCUT2D eigenvalue weighted by Gasteiger charge is 2.16. The molecule has 0 atom stereocenters. The SMILES string of the molecule is O=C(CO)NS(=O)(=O)c1ccsc1. The van der Waals surface area contributed by atoms with Gasteiger partial charge >= 0.3 is 0 Å². The third-order valence-electron chi connectivity index (χ3n) is 1.20. The monoisotopic (exact) mass is 221 g/mol. The van der Waals surface area contributed by atoms with Crippen molar-refractivity contribution in [1.29, 1.82) is 0 Å². The van der Waals surface area contributed by atoms with Gasteiger partial charge in [-0.1, -0.05) is 0 Å². The van der Waals surface area contributed by atoms with Crippen LogP contribution in [0.4, 0.5) is 0 Å². The van der Waals surface area contributed by atoms with E-state index in [0.717, 1.165) is 0 Å². The molecular weight excluding hydrogens is 214 g/mol. The van der Waals surface area contributed by atoms with E-state index in [-0.39, 0.29) is 4.90 Å². The molecule has 7 heteroatoms. The predicted octanol–water partition coefficient (Wildman–Crippen LogP) is -0.455. The minimum atomic E-state index is -3.78. The number of carbonyl (C=O) groups is 1. The van der Waals surface area contributed by atoms with Crippen molar-refractivity contribution in [3.05, 3.63) is 16.8 Å². The largest absolute Gasteiger partial charge is 0.387 e. The number of amides is 1. The Kier molecular flexibility index (Phi) is 3.02. The third kappa shape index (κ3) is 2.51. The van der Waals surface area contributed by atoms with Gasteiger partial charge in [-0.25, -0.2) is 13.1 Å². The van der Waals surface area contributed by atoms with Gasteiger partial charge in [0, 0.05) is 5.38 Å². The first-order valence-electron chi connectivity index (χ1n) is 3.25. The van der Waals surface area contributed by atoms with Crippen LogP contribution in [0.3, 0.4) is 0 Å². The highest BCUT2D eigenvalue weighted by atomic mass is 32.2. The van der Waals surface area contributed by atoms with Crippen LogP contribution >= 0.6 is 11.3 Å². The maximum absolute atomic E-state index is 11.2.